The van der Waals surface area contributed by atoms with Gasteiger partial charge in [0.25, 0.3) is 5.91 Å². The first-order valence-electron chi connectivity index (χ1n) is 8.92. The number of carbonyl (C=O) groups is 2. The highest BCUT2D eigenvalue weighted by atomic mass is 79.9. The Morgan fingerprint density at radius 3 is 2.59 bits per heavy atom. The fraction of sp³-hybridized carbons (Fsp3) is 0.450. The van der Waals surface area contributed by atoms with Crippen molar-refractivity contribution >= 4 is 33.5 Å². The van der Waals surface area contributed by atoms with E-state index in [1.807, 2.05) is 37.6 Å². The summed E-state index contributed by atoms with van der Waals surface area (Å²) in [5, 5.41) is 7.22. The van der Waals surface area contributed by atoms with Crippen LogP contribution in [-0.4, -0.2) is 28.3 Å². The van der Waals surface area contributed by atoms with Gasteiger partial charge >= 0.3 is 5.97 Å². The summed E-state index contributed by atoms with van der Waals surface area (Å²) < 4.78 is 8.03. The van der Waals surface area contributed by atoms with Gasteiger partial charge in [-0.25, -0.2) is 0 Å². The number of esters is 1. The molecular weight excluding hydrogens is 410 g/mol. The molecule has 0 aliphatic heterocycles. The smallest absolute Gasteiger partial charge is 0.310 e. The molecule has 27 heavy (non-hydrogen) atoms. The van der Waals surface area contributed by atoms with Gasteiger partial charge in [0.2, 0.25) is 0 Å². The van der Waals surface area contributed by atoms with Crippen LogP contribution in [0.15, 0.2) is 22.7 Å². The minimum atomic E-state index is -0.438. The lowest BCUT2D eigenvalue weighted by Gasteiger charge is -2.09. The molecule has 0 unspecified atom stereocenters. The van der Waals surface area contributed by atoms with Crippen molar-refractivity contribution in [3.63, 3.8) is 0 Å². The molecule has 7 heteroatoms. The van der Waals surface area contributed by atoms with E-state index in [0.717, 1.165) is 33.5 Å². The zero-order chi connectivity index (χ0) is 20.1. The number of ether oxygens (including phenoxy) is 1. The molecule has 0 aliphatic rings. The first-order valence-corrected chi connectivity index (χ1v) is 9.71. The number of aryl methyl sites for hydroxylation is 2. The second kappa shape index (κ2) is 9.17. The fourth-order valence-corrected chi connectivity index (χ4v) is 3.02. The van der Waals surface area contributed by atoms with Crippen molar-refractivity contribution in [2.45, 2.75) is 47.6 Å². The van der Waals surface area contributed by atoms with E-state index in [-0.39, 0.29) is 18.9 Å². The maximum absolute atomic E-state index is 12.2. The Labute approximate surface area is 168 Å². The molecular formula is C20H26BrN3O3. The zero-order valence-corrected chi connectivity index (χ0v) is 18.0. The van der Waals surface area contributed by atoms with Gasteiger partial charge in [0, 0.05) is 28.0 Å². The molecule has 1 aromatic carbocycles. The molecule has 0 saturated carbocycles. The largest absolute Gasteiger partial charge is 0.455 e. The van der Waals surface area contributed by atoms with E-state index in [2.05, 4.69) is 40.2 Å². The van der Waals surface area contributed by atoms with Crippen LogP contribution in [0.25, 0.3) is 0 Å². The zero-order valence-electron chi connectivity index (χ0n) is 16.4. The van der Waals surface area contributed by atoms with E-state index < -0.39 is 5.97 Å². The summed E-state index contributed by atoms with van der Waals surface area (Å²) in [6.45, 7) is 10.5. The molecule has 1 amide bonds. The second-order valence-electron chi connectivity index (χ2n) is 7.07. The molecule has 0 fully saturated rings. The highest BCUT2D eigenvalue weighted by Crippen LogP contribution is 2.20. The van der Waals surface area contributed by atoms with Gasteiger partial charge < -0.3 is 10.1 Å². The number of hydrogen-bond donors (Lipinski definition) is 1. The lowest BCUT2D eigenvalue weighted by Crippen LogP contribution is -2.22. The molecule has 2 aromatic rings. The summed E-state index contributed by atoms with van der Waals surface area (Å²) in [6, 6.07) is 5.49. The van der Waals surface area contributed by atoms with Crippen LogP contribution in [-0.2, 0) is 27.3 Å². The summed E-state index contributed by atoms with van der Waals surface area (Å²) in [5.74, 6) is -0.338. The predicted octanol–water partition coefficient (Wildman–Crippen LogP) is 3.95. The Kier molecular flexibility index (Phi) is 7.18. The minimum Gasteiger partial charge on any atom is -0.455 e. The van der Waals surface area contributed by atoms with E-state index in [4.69, 9.17) is 4.74 Å². The van der Waals surface area contributed by atoms with Crippen molar-refractivity contribution in [2.24, 2.45) is 5.92 Å². The van der Waals surface area contributed by atoms with Crippen molar-refractivity contribution in [1.29, 1.82) is 0 Å². The Bertz CT molecular complexity index is 843. The average Bonchev–Trinajstić information content (AvgIpc) is 2.83. The highest BCUT2D eigenvalue weighted by molar-refractivity contribution is 9.10. The van der Waals surface area contributed by atoms with Crippen molar-refractivity contribution in [2.75, 3.05) is 11.9 Å². The van der Waals surface area contributed by atoms with Gasteiger partial charge in [-0.2, -0.15) is 5.10 Å². The predicted molar refractivity (Wildman–Crippen MR) is 109 cm³/mol. The second-order valence-corrected chi connectivity index (χ2v) is 7.93. The molecule has 0 saturated heterocycles. The number of nitrogens with zero attached hydrogens (tertiary/aromatic N) is 2. The number of benzene rings is 1. The molecule has 1 aromatic heterocycles. The van der Waals surface area contributed by atoms with Crippen LogP contribution in [0.5, 0.6) is 0 Å². The molecule has 0 spiro atoms. The van der Waals surface area contributed by atoms with Crippen LogP contribution in [0.2, 0.25) is 0 Å². The third-order valence-electron chi connectivity index (χ3n) is 4.20. The average molecular weight is 436 g/mol. The molecule has 1 N–H and O–H groups in total. The van der Waals surface area contributed by atoms with E-state index in [0.29, 0.717) is 11.6 Å². The molecule has 0 bridgehead atoms. The Morgan fingerprint density at radius 2 is 1.96 bits per heavy atom. The minimum absolute atomic E-state index is 0.112. The Balaban J connectivity index is 1.89. The number of rotatable bonds is 7. The number of amides is 1. The van der Waals surface area contributed by atoms with Crippen molar-refractivity contribution < 1.29 is 14.3 Å². The number of anilines is 1. The topological polar surface area (TPSA) is 73.2 Å². The van der Waals surface area contributed by atoms with E-state index in [9.17, 15) is 9.59 Å². The van der Waals surface area contributed by atoms with Crippen LogP contribution in [0.4, 0.5) is 5.69 Å². The molecule has 0 radical (unpaired) electrons. The van der Waals surface area contributed by atoms with Gasteiger partial charge in [-0.05, 0) is 50.5 Å². The quantitative estimate of drug-likeness (QED) is 0.668. The van der Waals surface area contributed by atoms with Gasteiger partial charge in [-0.3, -0.25) is 14.3 Å². The summed E-state index contributed by atoms with van der Waals surface area (Å²) >= 11 is 3.41. The van der Waals surface area contributed by atoms with E-state index in [1.54, 1.807) is 6.07 Å². The number of nitrogens with one attached hydrogen (secondary N) is 1. The van der Waals surface area contributed by atoms with Crippen molar-refractivity contribution in [3.05, 3.63) is 45.2 Å². The third-order valence-corrected chi connectivity index (χ3v) is 5.09. The van der Waals surface area contributed by atoms with Gasteiger partial charge in [0.05, 0.1) is 12.1 Å². The standard InChI is InChI=1S/C20H26BrN3O3/c1-12(2)10-24-15(5)17(14(4)23-24)9-20(26)27-11-19(25)22-16-6-7-18(21)13(3)8-16/h6-8,12H,9-11H2,1-5H3,(H,22,25). The molecule has 1 heterocycles. The van der Waals surface area contributed by atoms with Gasteiger partial charge in [0.1, 0.15) is 0 Å². The first-order chi connectivity index (χ1) is 12.7. The van der Waals surface area contributed by atoms with Crippen LogP contribution < -0.4 is 5.32 Å². The van der Waals surface area contributed by atoms with Crippen molar-refractivity contribution in [3.8, 4) is 0 Å². The van der Waals surface area contributed by atoms with Crippen LogP contribution in [0.3, 0.4) is 0 Å². The van der Waals surface area contributed by atoms with Gasteiger partial charge in [-0.15, -0.1) is 0 Å². The SMILES string of the molecule is Cc1cc(NC(=O)COC(=O)Cc2c(C)nn(CC(C)C)c2C)ccc1Br. The van der Waals surface area contributed by atoms with Crippen molar-refractivity contribution in [1.82, 2.24) is 9.78 Å². The fourth-order valence-electron chi connectivity index (χ4n) is 2.77. The number of aromatic nitrogens is 2. The molecule has 0 atom stereocenters. The number of halogens is 1. The first kappa shape index (κ1) is 21.2. The Hall–Kier alpha value is -2.15. The Morgan fingerprint density at radius 1 is 1.26 bits per heavy atom. The number of hydrogen-bond acceptors (Lipinski definition) is 4. The molecule has 146 valence electrons. The van der Waals surface area contributed by atoms with Gasteiger partial charge in [-0.1, -0.05) is 29.8 Å². The molecule has 6 nitrogen and oxygen atoms in total. The van der Waals surface area contributed by atoms with Crippen LogP contribution >= 0.6 is 15.9 Å². The summed E-state index contributed by atoms with van der Waals surface area (Å²) in [6.07, 6.45) is 0.112. The third kappa shape index (κ3) is 5.92. The van der Waals surface area contributed by atoms with Gasteiger partial charge in [0.15, 0.2) is 6.61 Å². The lowest BCUT2D eigenvalue weighted by atomic mass is 10.1. The molecule has 0 aliphatic carbocycles. The monoisotopic (exact) mass is 435 g/mol. The van der Waals surface area contributed by atoms with E-state index >= 15 is 0 Å². The van der Waals surface area contributed by atoms with E-state index in [1.165, 1.54) is 0 Å². The normalized spacial score (nSPS) is 10.9. The van der Waals surface area contributed by atoms with Crippen LogP contribution in [0, 0.1) is 26.7 Å². The van der Waals surface area contributed by atoms with Crippen LogP contribution in [0.1, 0.15) is 36.4 Å². The summed E-state index contributed by atoms with van der Waals surface area (Å²) in [4.78, 5) is 24.2. The molecule has 2 rings (SSSR count). The summed E-state index contributed by atoms with van der Waals surface area (Å²) in [5.41, 5.74) is 4.32. The maximum Gasteiger partial charge on any atom is 0.310 e. The highest BCUT2D eigenvalue weighted by Gasteiger charge is 2.17. The maximum atomic E-state index is 12.2. The lowest BCUT2D eigenvalue weighted by molar-refractivity contribution is -0.146. The summed E-state index contributed by atoms with van der Waals surface area (Å²) in [7, 11) is 0. The number of carbonyl (C=O) groups excluding carboxylic acids is 2.